The Hall–Kier alpha value is -3.59. The second kappa shape index (κ2) is 7.98. The van der Waals surface area contributed by atoms with E-state index in [9.17, 15) is 18.4 Å². The number of anilines is 1. The molecule has 1 saturated heterocycles. The van der Waals surface area contributed by atoms with E-state index in [-0.39, 0.29) is 25.2 Å². The van der Waals surface area contributed by atoms with E-state index in [2.05, 4.69) is 0 Å². The summed E-state index contributed by atoms with van der Waals surface area (Å²) in [5, 5.41) is 0. The number of thioether (sulfide) groups is 1. The largest absolute Gasteiger partial charge is 0.454 e. The molecule has 3 aromatic rings. The van der Waals surface area contributed by atoms with Crippen LogP contribution in [0.5, 0.6) is 11.5 Å². The van der Waals surface area contributed by atoms with E-state index in [1.54, 1.807) is 28.0 Å². The molecular formula is C26H20F2N2O4S. The standard InChI is InChI=1S/C26H20F2N2O4S/c1-15-2-6-21-18(10-15)26(25(32)29(21)13-16-3-5-19(27)20(28)11-16)30(8-9-35-26)24(31)17-4-7-22-23(12-17)34-14-33-22/h2-7,10-12H,8-9,13-14H2,1H3/t26-/m1/s1. The maximum absolute atomic E-state index is 14.1. The number of aryl methyl sites for hydroxylation is 1. The highest BCUT2D eigenvalue weighted by atomic mass is 32.2. The molecule has 1 atom stereocenters. The molecule has 35 heavy (non-hydrogen) atoms. The van der Waals surface area contributed by atoms with Gasteiger partial charge in [0.1, 0.15) is 0 Å². The number of halogens is 2. The fraction of sp³-hybridized carbons (Fsp3) is 0.231. The predicted molar refractivity (Wildman–Crippen MR) is 126 cm³/mol. The van der Waals surface area contributed by atoms with Crippen molar-refractivity contribution in [2.45, 2.75) is 18.3 Å². The van der Waals surface area contributed by atoms with Gasteiger partial charge in [-0.05, 0) is 48.9 Å². The van der Waals surface area contributed by atoms with Gasteiger partial charge in [-0.15, -0.1) is 11.8 Å². The van der Waals surface area contributed by atoms with Crippen LogP contribution in [0.15, 0.2) is 54.6 Å². The monoisotopic (exact) mass is 494 g/mol. The molecule has 9 heteroatoms. The summed E-state index contributed by atoms with van der Waals surface area (Å²) in [6.45, 7) is 2.47. The molecule has 6 rings (SSSR count). The molecule has 6 nitrogen and oxygen atoms in total. The normalized spacial score (nSPS) is 20.1. The summed E-state index contributed by atoms with van der Waals surface area (Å²) in [7, 11) is 0. The third-order valence-electron chi connectivity index (χ3n) is 6.54. The number of amides is 2. The number of ether oxygens (including phenoxy) is 2. The van der Waals surface area contributed by atoms with Gasteiger partial charge < -0.3 is 19.3 Å². The van der Waals surface area contributed by atoms with Gasteiger partial charge >= 0.3 is 0 Å². The zero-order chi connectivity index (χ0) is 24.3. The summed E-state index contributed by atoms with van der Waals surface area (Å²) in [4.78, 5) is 29.8. The fourth-order valence-electron chi connectivity index (χ4n) is 4.89. The SMILES string of the molecule is Cc1ccc2c(c1)[C@@]1(SCCN1C(=O)c1ccc3c(c1)OCO3)C(=O)N2Cc1ccc(F)c(F)c1. The first kappa shape index (κ1) is 21.9. The van der Waals surface area contributed by atoms with Crippen LogP contribution in [0.2, 0.25) is 0 Å². The molecule has 0 N–H and O–H groups in total. The molecule has 1 spiro atoms. The summed E-state index contributed by atoms with van der Waals surface area (Å²) < 4.78 is 38.2. The van der Waals surface area contributed by atoms with Crippen LogP contribution >= 0.6 is 11.8 Å². The van der Waals surface area contributed by atoms with E-state index in [0.717, 1.165) is 23.3 Å². The minimum Gasteiger partial charge on any atom is -0.454 e. The lowest BCUT2D eigenvalue weighted by Crippen LogP contribution is -2.50. The first-order valence-corrected chi connectivity index (χ1v) is 12.1. The van der Waals surface area contributed by atoms with Crippen LogP contribution in [0, 0.1) is 18.6 Å². The Morgan fingerprint density at radius 1 is 1.03 bits per heavy atom. The summed E-state index contributed by atoms with van der Waals surface area (Å²) in [6.07, 6.45) is 0. The van der Waals surface area contributed by atoms with Gasteiger partial charge in [-0.25, -0.2) is 8.78 Å². The van der Waals surface area contributed by atoms with Gasteiger partial charge in [-0.1, -0.05) is 23.8 Å². The number of rotatable bonds is 3. The first-order chi connectivity index (χ1) is 16.9. The van der Waals surface area contributed by atoms with Crippen LogP contribution in [0.3, 0.4) is 0 Å². The molecule has 0 bridgehead atoms. The lowest BCUT2D eigenvalue weighted by molar-refractivity contribution is -0.123. The van der Waals surface area contributed by atoms with Crippen molar-refractivity contribution in [3.05, 3.63) is 88.5 Å². The Morgan fingerprint density at radius 3 is 2.69 bits per heavy atom. The van der Waals surface area contributed by atoms with Crippen molar-refractivity contribution >= 4 is 29.3 Å². The smallest absolute Gasteiger partial charge is 0.268 e. The van der Waals surface area contributed by atoms with Crippen LogP contribution in [0.25, 0.3) is 0 Å². The average Bonchev–Trinajstić information content (AvgIpc) is 3.55. The molecule has 0 saturated carbocycles. The van der Waals surface area contributed by atoms with E-state index < -0.39 is 16.5 Å². The predicted octanol–water partition coefficient (Wildman–Crippen LogP) is 4.59. The number of benzene rings is 3. The highest BCUT2D eigenvalue weighted by molar-refractivity contribution is 8.01. The molecule has 3 heterocycles. The van der Waals surface area contributed by atoms with Crippen molar-refractivity contribution in [1.82, 2.24) is 4.90 Å². The fourth-order valence-corrected chi connectivity index (χ4v) is 6.34. The van der Waals surface area contributed by atoms with Crippen LogP contribution in [0.4, 0.5) is 14.5 Å². The molecule has 0 aromatic heterocycles. The van der Waals surface area contributed by atoms with Gasteiger partial charge in [-0.2, -0.15) is 0 Å². The highest BCUT2D eigenvalue weighted by Gasteiger charge is 2.59. The topological polar surface area (TPSA) is 59.1 Å². The summed E-state index contributed by atoms with van der Waals surface area (Å²) >= 11 is 1.41. The Morgan fingerprint density at radius 2 is 1.86 bits per heavy atom. The Bertz CT molecular complexity index is 1400. The second-order valence-corrected chi connectivity index (χ2v) is 9.97. The van der Waals surface area contributed by atoms with Crippen molar-refractivity contribution < 1.29 is 27.8 Å². The van der Waals surface area contributed by atoms with Crippen LogP contribution in [-0.2, 0) is 16.2 Å². The van der Waals surface area contributed by atoms with Crippen molar-refractivity contribution in [3.63, 3.8) is 0 Å². The molecule has 3 aromatic carbocycles. The molecule has 178 valence electrons. The Kier molecular flexibility index (Phi) is 5.00. The van der Waals surface area contributed by atoms with Gasteiger partial charge in [0, 0.05) is 23.4 Å². The first-order valence-electron chi connectivity index (χ1n) is 11.1. The van der Waals surface area contributed by atoms with Crippen LogP contribution in [-0.4, -0.2) is 35.8 Å². The van der Waals surface area contributed by atoms with Crippen LogP contribution in [0.1, 0.15) is 27.0 Å². The molecule has 0 unspecified atom stereocenters. The second-order valence-electron chi connectivity index (χ2n) is 8.68. The molecular weight excluding hydrogens is 474 g/mol. The quantitative estimate of drug-likeness (QED) is 0.533. The highest BCUT2D eigenvalue weighted by Crippen LogP contribution is 2.55. The van der Waals surface area contributed by atoms with Crippen LogP contribution < -0.4 is 14.4 Å². The molecule has 1 fully saturated rings. The third-order valence-corrected chi connectivity index (χ3v) is 7.96. The summed E-state index contributed by atoms with van der Waals surface area (Å²) in [6, 6.07) is 14.3. The average molecular weight is 495 g/mol. The third kappa shape index (κ3) is 3.29. The van der Waals surface area contributed by atoms with Gasteiger partial charge in [-0.3, -0.25) is 9.59 Å². The van der Waals surface area contributed by atoms with Gasteiger partial charge in [0.05, 0.1) is 12.2 Å². The maximum atomic E-state index is 14.1. The molecule has 0 aliphatic carbocycles. The lowest BCUT2D eigenvalue weighted by atomic mass is 10.0. The van der Waals surface area contributed by atoms with Crippen molar-refractivity contribution in [2.24, 2.45) is 0 Å². The van der Waals surface area contributed by atoms with Gasteiger partial charge in [0.25, 0.3) is 11.8 Å². The zero-order valence-corrected chi connectivity index (χ0v) is 19.5. The number of hydrogen-bond acceptors (Lipinski definition) is 5. The van der Waals surface area contributed by atoms with Gasteiger partial charge in [0.15, 0.2) is 28.0 Å². The van der Waals surface area contributed by atoms with E-state index >= 15 is 0 Å². The number of hydrogen-bond donors (Lipinski definition) is 0. The molecule has 3 aliphatic heterocycles. The minimum absolute atomic E-state index is 0.0560. The molecule has 2 amide bonds. The Balaban J connectivity index is 1.42. The zero-order valence-electron chi connectivity index (χ0n) is 18.7. The number of carbonyl (C=O) groups excluding carboxylic acids is 2. The number of fused-ring (bicyclic) bond motifs is 3. The number of nitrogens with zero attached hydrogens (tertiary/aromatic N) is 2. The van der Waals surface area contributed by atoms with E-state index in [0.29, 0.717) is 40.6 Å². The molecule has 0 radical (unpaired) electrons. The lowest BCUT2D eigenvalue weighted by Gasteiger charge is -2.33. The minimum atomic E-state index is -1.24. The van der Waals surface area contributed by atoms with E-state index in [4.69, 9.17) is 9.47 Å². The van der Waals surface area contributed by atoms with Crippen molar-refractivity contribution in [1.29, 1.82) is 0 Å². The summed E-state index contributed by atoms with van der Waals surface area (Å²) in [5.74, 6) is -0.839. The summed E-state index contributed by atoms with van der Waals surface area (Å²) in [5.41, 5.74) is 3.19. The Labute approximate surface area is 204 Å². The van der Waals surface area contributed by atoms with Gasteiger partial charge in [0.2, 0.25) is 6.79 Å². The van der Waals surface area contributed by atoms with E-state index in [1.165, 1.54) is 17.8 Å². The maximum Gasteiger partial charge on any atom is 0.268 e. The number of carbonyl (C=O) groups is 2. The van der Waals surface area contributed by atoms with E-state index in [1.807, 2.05) is 25.1 Å². The van der Waals surface area contributed by atoms with Crippen molar-refractivity contribution in [2.75, 3.05) is 24.0 Å². The van der Waals surface area contributed by atoms with Crippen molar-refractivity contribution in [3.8, 4) is 11.5 Å². The molecule has 3 aliphatic rings.